The Labute approximate surface area is 195 Å². The average Bonchev–Trinajstić information content (AvgIpc) is 2.85. The molecule has 0 unspecified atom stereocenters. The Kier molecular flexibility index (Phi) is 6.89. The first-order valence-electron chi connectivity index (χ1n) is 11.2. The van der Waals surface area contributed by atoms with Gasteiger partial charge in [-0.3, -0.25) is 9.59 Å². The van der Waals surface area contributed by atoms with Gasteiger partial charge in [0.1, 0.15) is 7.28 Å². The number of amides is 2. The molecule has 0 heterocycles. The summed E-state index contributed by atoms with van der Waals surface area (Å²) < 4.78 is 0. The normalized spacial score (nSPS) is 10.6. The van der Waals surface area contributed by atoms with Crippen LogP contribution >= 0.6 is 0 Å². The fraction of sp³-hybridized carbons (Fsp3) is 0.143. The van der Waals surface area contributed by atoms with E-state index in [9.17, 15) is 9.59 Å². The fourth-order valence-corrected chi connectivity index (χ4v) is 3.84. The van der Waals surface area contributed by atoms with Crippen molar-refractivity contribution in [2.45, 2.75) is 26.5 Å². The van der Waals surface area contributed by atoms with E-state index in [1.54, 1.807) is 0 Å². The van der Waals surface area contributed by atoms with Gasteiger partial charge in [0.25, 0.3) is 11.8 Å². The van der Waals surface area contributed by atoms with Gasteiger partial charge in [-0.2, -0.15) is 0 Å². The fourth-order valence-electron chi connectivity index (χ4n) is 3.84. The van der Waals surface area contributed by atoms with Crippen LogP contribution in [-0.2, 0) is 12.7 Å². The topological polar surface area (TPSA) is 58.2 Å². The predicted molar refractivity (Wildman–Crippen MR) is 137 cm³/mol. The van der Waals surface area contributed by atoms with Crippen LogP contribution in [0.5, 0.6) is 0 Å². The van der Waals surface area contributed by atoms with Crippen LogP contribution in [0.4, 0.5) is 11.4 Å². The second kappa shape index (κ2) is 10.2. The molecule has 33 heavy (non-hydrogen) atoms. The lowest BCUT2D eigenvalue weighted by Gasteiger charge is -2.13. The summed E-state index contributed by atoms with van der Waals surface area (Å²) in [5, 5.41) is 7.76. The lowest BCUT2D eigenvalue weighted by Crippen LogP contribution is -2.13. The van der Waals surface area contributed by atoms with Gasteiger partial charge in [-0.15, -0.1) is 0 Å². The van der Waals surface area contributed by atoms with Gasteiger partial charge in [-0.05, 0) is 48.4 Å². The molecule has 0 spiro atoms. The number of carbonyl (C=O) groups excluding carboxylic acids is 2. The number of fused-ring (bicyclic) bond motifs is 1. The molecule has 2 N–H and O–H groups in total. The lowest BCUT2D eigenvalue weighted by molar-refractivity contribution is 0.101. The number of rotatable bonds is 7. The maximum absolute atomic E-state index is 12.8. The minimum atomic E-state index is -0.167. The van der Waals surface area contributed by atoms with E-state index < -0.39 is 0 Å². The Morgan fingerprint density at radius 3 is 1.55 bits per heavy atom. The van der Waals surface area contributed by atoms with E-state index in [0.717, 1.165) is 23.5 Å². The van der Waals surface area contributed by atoms with Gasteiger partial charge in [-0.1, -0.05) is 74.2 Å². The molecule has 0 aliphatic carbocycles. The van der Waals surface area contributed by atoms with E-state index in [-0.39, 0.29) is 11.8 Å². The summed E-state index contributed by atoms with van der Waals surface area (Å²) >= 11 is 0. The molecule has 4 nitrogen and oxygen atoms in total. The van der Waals surface area contributed by atoms with Crippen molar-refractivity contribution in [3.8, 4) is 0 Å². The van der Waals surface area contributed by atoms with Crippen molar-refractivity contribution in [2.24, 2.45) is 0 Å². The average molecular weight is 433 g/mol. The Morgan fingerprint density at radius 1 is 0.667 bits per heavy atom. The summed E-state index contributed by atoms with van der Waals surface area (Å²) in [6.45, 7) is 4.10. The molecule has 4 aromatic carbocycles. The Balaban J connectivity index is 1.56. The van der Waals surface area contributed by atoms with Crippen LogP contribution < -0.4 is 10.6 Å². The second-order valence-corrected chi connectivity index (χ2v) is 7.97. The largest absolute Gasteiger partial charge is 0.321 e. The maximum atomic E-state index is 12.8. The molecule has 1 radical (unpaired) electrons. The minimum absolute atomic E-state index is 0.163. The van der Waals surface area contributed by atoms with Crippen molar-refractivity contribution < 1.29 is 9.59 Å². The first-order chi connectivity index (χ1) is 16.1. The number of carbonyl (C=O) groups is 2. The van der Waals surface area contributed by atoms with Crippen molar-refractivity contribution in [1.82, 2.24) is 0 Å². The summed E-state index contributed by atoms with van der Waals surface area (Å²) in [5.74, 6) is -0.330. The molecule has 0 saturated heterocycles. The zero-order chi connectivity index (χ0) is 23.2. The molecule has 5 heteroatoms. The van der Waals surface area contributed by atoms with Crippen molar-refractivity contribution in [3.05, 3.63) is 107 Å². The third kappa shape index (κ3) is 5.15. The summed E-state index contributed by atoms with van der Waals surface area (Å²) in [7, 11) is 2.09. The van der Waals surface area contributed by atoms with Crippen LogP contribution in [0.3, 0.4) is 0 Å². The quantitative estimate of drug-likeness (QED) is 0.343. The zero-order valence-electron chi connectivity index (χ0n) is 18.9. The van der Waals surface area contributed by atoms with Crippen LogP contribution in [0.1, 0.15) is 38.8 Å². The molecular formula is C28H26BN2O2. The van der Waals surface area contributed by atoms with E-state index in [1.807, 2.05) is 91.8 Å². The van der Waals surface area contributed by atoms with Crippen LogP contribution in [0.25, 0.3) is 10.8 Å². The summed E-state index contributed by atoms with van der Waals surface area (Å²) in [6.07, 6.45) is 1.81. The van der Waals surface area contributed by atoms with Gasteiger partial charge in [0.2, 0.25) is 0 Å². The second-order valence-electron chi connectivity index (χ2n) is 7.97. The van der Waals surface area contributed by atoms with Crippen LogP contribution in [0.2, 0.25) is 6.82 Å². The highest BCUT2D eigenvalue weighted by Gasteiger charge is 2.12. The highest BCUT2D eigenvalue weighted by atomic mass is 16.2. The third-order valence-electron chi connectivity index (χ3n) is 5.70. The molecule has 4 rings (SSSR count). The molecule has 0 aromatic heterocycles. The number of nitrogens with one attached hydrogen (secondary N) is 2. The van der Waals surface area contributed by atoms with E-state index >= 15 is 0 Å². The van der Waals surface area contributed by atoms with Gasteiger partial charge in [0.15, 0.2) is 0 Å². The SMILES string of the molecule is C[B]Cc1ccc(C(=O)Nc2cccc3c(NC(=O)c4ccc(CC)cc4)cccc23)cc1. The lowest BCUT2D eigenvalue weighted by atomic mass is 9.75. The van der Waals surface area contributed by atoms with Crippen molar-refractivity contribution >= 4 is 41.2 Å². The smallest absolute Gasteiger partial charge is 0.255 e. The molecule has 0 fully saturated rings. The van der Waals surface area contributed by atoms with Gasteiger partial charge < -0.3 is 10.6 Å². The molecule has 4 aromatic rings. The number of hydrogen-bond acceptors (Lipinski definition) is 2. The van der Waals surface area contributed by atoms with E-state index in [1.165, 1.54) is 11.1 Å². The third-order valence-corrected chi connectivity index (χ3v) is 5.70. The molecule has 0 saturated carbocycles. The van der Waals surface area contributed by atoms with E-state index in [0.29, 0.717) is 22.5 Å². The van der Waals surface area contributed by atoms with E-state index in [2.05, 4.69) is 24.8 Å². The molecular weight excluding hydrogens is 407 g/mol. The number of benzene rings is 4. The van der Waals surface area contributed by atoms with Gasteiger partial charge in [-0.25, -0.2) is 0 Å². The maximum Gasteiger partial charge on any atom is 0.255 e. The van der Waals surface area contributed by atoms with Gasteiger partial charge in [0.05, 0.1) is 0 Å². The monoisotopic (exact) mass is 433 g/mol. The first kappa shape index (κ1) is 22.3. The van der Waals surface area contributed by atoms with Crippen LogP contribution in [0.15, 0.2) is 84.9 Å². The van der Waals surface area contributed by atoms with Gasteiger partial charge in [0, 0.05) is 33.3 Å². The molecule has 0 atom stereocenters. The number of anilines is 2. The highest BCUT2D eigenvalue weighted by Crippen LogP contribution is 2.30. The predicted octanol–water partition coefficient (Wildman–Crippen LogP) is 6.16. The Hall–Kier alpha value is -3.86. The first-order valence-corrected chi connectivity index (χ1v) is 11.2. The number of hydrogen-bond donors (Lipinski definition) is 2. The van der Waals surface area contributed by atoms with Crippen LogP contribution in [-0.4, -0.2) is 19.1 Å². The zero-order valence-corrected chi connectivity index (χ0v) is 18.9. The van der Waals surface area contributed by atoms with Crippen molar-refractivity contribution in [3.63, 3.8) is 0 Å². The molecule has 2 amide bonds. The summed E-state index contributed by atoms with van der Waals surface area (Å²) in [5.41, 5.74) is 4.98. The highest BCUT2D eigenvalue weighted by molar-refractivity contribution is 6.32. The van der Waals surface area contributed by atoms with Crippen LogP contribution in [0, 0.1) is 0 Å². The molecule has 163 valence electrons. The summed E-state index contributed by atoms with van der Waals surface area (Å²) in [4.78, 5) is 25.6. The minimum Gasteiger partial charge on any atom is -0.321 e. The Bertz CT molecular complexity index is 1280. The van der Waals surface area contributed by atoms with Gasteiger partial charge >= 0.3 is 0 Å². The molecule has 0 bridgehead atoms. The Morgan fingerprint density at radius 2 is 1.12 bits per heavy atom. The van der Waals surface area contributed by atoms with Crippen molar-refractivity contribution in [1.29, 1.82) is 0 Å². The van der Waals surface area contributed by atoms with E-state index in [4.69, 9.17) is 0 Å². The summed E-state index contributed by atoms with van der Waals surface area (Å²) in [6, 6.07) is 26.6. The van der Waals surface area contributed by atoms with Crippen molar-refractivity contribution in [2.75, 3.05) is 10.6 Å². The number of aryl methyl sites for hydroxylation is 1. The molecule has 0 aliphatic heterocycles. The standard InChI is InChI=1S/C28H26BN2O2/c1-3-19-10-14-21(15-11-19)27(32)30-25-8-4-7-24-23(25)6-5-9-26(24)31-28(33)22-16-12-20(13-17-22)18-29-2/h4-17H,3,18H2,1-2H3,(H,30,32)(H,31,33). The molecule has 0 aliphatic rings.